The number of nitrogens with two attached hydrogens (primary N) is 1. The molecule has 1 aromatic carbocycles. The van der Waals surface area contributed by atoms with Gasteiger partial charge in [0, 0.05) is 75.7 Å². The average Bonchev–Trinajstić information content (AvgIpc) is 3.41. The van der Waals surface area contributed by atoms with Gasteiger partial charge in [-0.2, -0.15) is 0 Å². The van der Waals surface area contributed by atoms with E-state index in [9.17, 15) is 15.0 Å². The number of para-hydroxylation sites is 1. The van der Waals surface area contributed by atoms with Crippen LogP contribution in [0.3, 0.4) is 0 Å². The molecule has 0 amide bonds. The van der Waals surface area contributed by atoms with Gasteiger partial charge in [0.05, 0.1) is 42.6 Å². The SMILES string of the molecule is CCN1C[C@]2(COC(=O)c3ccccc3N)CC[C@H](OC)[C@@]34[C@@H]5C[C@H]6[C@H](OC)[C@@H]5[C@](O)(C[C@@H]6OC)[C@](O)([C@@H](OC)[C@H]23)[C@@H]14. The summed E-state index contributed by atoms with van der Waals surface area (Å²) in [5.74, 6) is -0.892. The Morgan fingerprint density at radius 2 is 1.86 bits per heavy atom. The summed E-state index contributed by atoms with van der Waals surface area (Å²) < 4.78 is 31.1. The number of likely N-dealkylation sites (tertiary alicyclic amines) is 1. The Kier molecular flexibility index (Phi) is 6.62. The average molecular weight is 587 g/mol. The van der Waals surface area contributed by atoms with E-state index >= 15 is 0 Å². The molecule has 13 atom stereocenters. The van der Waals surface area contributed by atoms with Gasteiger partial charge < -0.3 is 39.6 Å². The van der Waals surface area contributed by atoms with E-state index in [2.05, 4.69) is 11.8 Å². The molecule has 42 heavy (non-hydrogen) atoms. The van der Waals surface area contributed by atoms with Crippen LogP contribution in [-0.2, 0) is 23.7 Å². The van der Waals surface area contributed by atoms with Crippen molar-refractivity contribution in [3.8, 4) is 0 Å². The molecule has 0 radical (unpaired) electrons. The van der Waals surface area contributed by atoms with E-state index in [1.807, 2.05) is 0 Å². The third-order valence-electron chi connectivity index (χ3n) is 13.0. The molecule has 1 heterocycles. The van der Waals surface area contributed by atoms with Gasteiger partial charge in [0.15, 0.2) is 0 Å². The molecule has 232 valence electrons. The van der Waals surface area contributed by atoms with Gasteiger partial charge in [0.1, 0.15) is 11.2 Å². The lowest BCUT2D eigenvalue weighted by Gasteiger charge is -2.70. The van der Waals surface area contributed by atoms with Gasteiger partial charge in [0.2, 0.25) is 0 Å². The van der Waals surface area contributed by atoms with Crippen molar-refractivity contribution in [3.63, 3.8) is 0 Å². The molecular formula is C32H46N2O8. The highest BCUT2D eigenvalue weighted by Gasteiger charge is 2.91. The van der Waals surface area contributed by atoms with Gasteiger partial charge in [-0.25, -0.2) is 4.79 Å². The highest BCUT2D eigenvalue weighted by Crippen LogP contribution is 2.80. The molecular weight excluding hydrogens is 540 g/mol. The van der Waals surface area contributed by atoms with Crippen LogP contribution in [0.25, 0.3) is 0 Å². The lowest BCUT2D eigenvalue weighted by molar-refractivity contribution is -0.320. The number of aliphatic hydroxyl groups is 2. The number of esters is 1. The van der Waals surface area contributed by atoms with Crippen LogP contribution < -0.4 is 5.73 Å². The molecule has 6 aliphatic rings. The number of fused-ring (bicyclic) bond motifs is 2. The number of anilines is 1. The number of rotatable bonds is 8. The first kappa shape index (κ1) is 29.0. The van der Waals surface area contributed by atoms with Gasteiger partial charge in [-0.15, -0.1) is 0 Å². The largest absolute Gasteiger partial charge is 0.461 e. The highest BCUT2D eigenvalue weighted by atomic mass is 16.5. The third kappa shape index (κ3) is 3.12. The number of piperidine rings is 1. The number of carbonyl (C=O) groups is 1. The maximum Gasteiger partial charge on any atom is 0.340 e. The number of methoxy groups -OCH3 is 4. The van der Waals surface area contributed by atoms with Crippen LogP contribution in [0.5, 0.6) is 0 Å². The molecule has 1 aromatic rings. The van der Waals surface area contributed by atoms with Gasteiger partial charge >= 0.3 is 5.97 Å². The monoisotopic (exact) mass is 586 g/mol. The first-order valence-electron chi connectivity index (χ1n) is 15.5. The van der Waals surface area contributed by atoms with E-state index in [-0.39, 0.29) is 48.6 Å². The molecule has 1 saturated heterocycles. The molecule has 7 rings (SSSR count). The van der Waals surface area contributed by atoms with Crippen molar-refractivity contribution in [3.05, 3.63) is 29.8 Å². The number of nitrogen functional groups attached to an aromatic ring is 1. The highest BCUT2D eigenvalue weighted by molar-refractivity contribution is 5.95. The fraction of sp³-hybridized carbons (Fsp3) is 0.781. The summed E-state index contributed by atoms with van der Waals surface area (Å²) in [6.45, 7) is 3.54. The summed E-state index contributed by atoms with van der Waals surface area (Å²) >= 11 is 0. The second-order valence-electron chi connectivity index (χ2n) is 13.8. The Bertz CT molecular complexity index is 1250. The fourth-order valence-electron chi connectivity index (χ4n) is 12.0. The van der Waals surface area contributed by atoms with Crippen molar-refractivity contribution in [1.29, 1.82) is 0 Å². The summed E-state index contributed by atoms with van der Waals surface area (Å²) in [6, 6.07) is 6.55. The maximum atomic E-state index is 13.4. The zero-order chi connectivity index (χ0) is 29.8. The summed E-state index contributed by atoms with van der Waals surface area (Å²) in [7, 11) is 6.80. The minimum atomic E-state index is -1.62. The quantitative estimate of drug-likeness (QED) is 0.306. The summed E-state index contributed by atoms with van der Waals surface area (Å²) in [4.78, 5) is 15.7. The minimum Gasteiger partial charge on any atom is -0.461 e. The first-order valence-corrected chi connectivity index (χ1v) is 15.5. The van der Waals surface area contributed by atoms with Crippen LogP contribution in [0, 0.1) is 34.5 Å². The van der Waals surface area contributed by atoms with Gasteiger partial charge in [-0.1, -0.05) is 19.1 Å². The van der Waals surface area contributed by atoms with Crippen molar-refractivity contribution in [2.24, 2.45) is 34.5 Å². The van der Waals surface area contributed by atoms with E-state index in [1.165, 1.54) is 0 Å². The predicted molar refractivity (Wildman–Crippen MR) is 153 cm³/mol. The van der Waals surface area contributed by atoms with E-state index in [4.69, 9.17) is 29.4 Å². The van der Waals surface area contributed by atoms with Gasteiger partial charge in [-0.3, -0.25) is 4.90 Å². The minimum absolute atomic E-state index is 0.00697. The van der Waals surface area contributed by atoms with E-state index in [0.717, 1.165) is 19.3 Å². The molecule has 10 nitrogen and oxygen atoms in total. The van der Waals surface area contributed by atoms with E-state index in [1.54, 1.807) is 52.7 Å². The molecule has 6 fully saturated rings. The Hall–Kier alpha value is -1.79. The zero-order valence-electron chi connectivity index (χ0n) is 25.3. The van der Waals surface area contributed by atoms with Crippen molar-refractivity contribution in [1.82, 2.24) is 4.90 Å². The third-order valence-corrected chi connectivity index (χ3v) is 13.0. The maximum absolute atomic E-state index is 13.4. The van der Waals surface area contributed by atoms with Crippen molar-refractivity contribution < 1.29 is 38.7 Å². The summed E-state index contributed by atoms with van der Waals surface area (Å²) in [5, 5.41) is 26.3. The van der Waals surface area contributed by atoms with Crippen LogP contribution in [0.2, 0.25) is 0 Å². The number of hydrogen-bond acceptors (Lipinski definition) is 10. The van der Waals surface area contributed by atoms with Crippen molar-refractivity contribution in [2.75, 3.05) is 53.9 Å². The standard InChI is InChI=1S/C32H46N2O8/c1-6-34-15-29(16-42-27(35)17-9-7-8-10-20(17)33)12-11-22(39-3)31-19-13-18-21(38-2)14-30(36,23(19)24(18)40-4)32(37,28(31)34)26(41-5)25(29)31/h7-10,18-19,21-26,28,36-37H,6,11-16,33H2,1-5H3/t18-,19-,21+,22+,23-,24+,25-,26+,28+,29+,30-,31+,32+/m1/s1. The molecule has 5 saturated carbocycles. The number of likely N-dealkylation sites (N-methyl/N-ethyl adjacent to an activating group) is 1. The number of nitrogens with zero attached hydrogens (tertiary/aromatic N) is 1. The van der Waals surface area contributed by atoms with Crippen LogP contribution in [0.15, 0.2) is 24.3 Å². The summed E-state index contributed by atoms with van der Waals surface area (Å²) in [6.07, 6.45) is 1.22. The molecule has 1 aliphatic heterocycles. The van der Waals surface area contributed by atoms with Crippen LogP contribution in [0.1, 0.15) is 43.0 Å². The first-order chi connectivity index (χ1) is 20.1. The van der Waals surface area contributed by atoms with E-state index < -0.39 is 40.1 Å². The Morgan fingerprint density at radius 1 is 1.10 bits per heavy atom. The molecule has 7 bridgehead atoms. The Balaban J connectivity index is 1.41. The lowest BCUT2D eigenvalue weighted by atomic mass is 9.42. The molecule has 0 unspecified atom stereocenters. The lowest BCUT2D eigenvalue weighted by Crippen LogP contribution is -2.82. The number of ether oxygens (including phenoxy) is 5. The second kappa shape index (κ2) is 9.60. The fourth-order valence-corrected chi connectivity index (χ4v) is 12.0. The topological polar surface area (TPSA) is 133 Å². The van der Waals surface area contributed by atoms with Gasteiger partial charge in [-0.05, 0) is 43.9 Å². The molecule has 4 N–H and O–H groups in total. The smallest absolute Gasteiger partial charge is 0.340 e. The Morgan fingerprint density at radius 3 is 2.50 bits per heavy atom. The number of hydrogen-bond donors (Lipinski definition) is 3. The number of benzene rings is 1. The zero-order valence-corrected chi connectivity index (χ0v) is 25.3. The van der Waals surface area contributed by atoms with Crippen LogP contribution in [0.4, 0.5) is 5.69 Å². The van der Waals surface area contributed by atoms with Gasteiger partial charge in [0.25, 0.3) is 0 Å². The van der Waals surface area contributed by atoms with E-state index in [0.29, 0.717) is 30.8 Å². The molecule has 1 spiro atoms. The second-order valence-corrected chi connectivity index (χ2v) is 13.8. The van der Waals surface area contributed by atoms with Crippen LogP contribution >= 0.6 is 0 Å². The van der Waals surface area contributed by atoms with Crippen molar-refractivity contribution in [2.45, 2.75) is 74.3 Å². The normalized spacial score (nSPS) is 50.1. The van der Waals surface area contributed by atoms with Crippen LogP contribution in [-0.4, -0.2) is 111 Å². The van der Waals surface area contributed by atoms with Crippen molar-refractivity contribution >= 4 is 11.7 Å². The number of carbonyl (C=O) groups excluding carboxylic acids is 1. The predicted octanol–water partition coefficient (Wildman–Crippen LogP) is 1.72. The molecule has 5 aliphatic carbocycles. The summed E-state index contributed by atoms with van der Waals surface area (Å²) in [5.41, 5.74) is 2.65. The Labute approximate surface area is 247 Å². The molecule has 10 heteroatoms. The molecule has 0 aromatic heterocycles.